The number of hydrogen-bond donors (Lipinski definition) is 1. The number of pyridine rings is 1. The van der Waals surface area contributed by atoms with E-state index in [1.165, 1.54) is 0 Å². The van der Waals surface area contributed by atoms with Gasteiger partial charge in [-0.1, -0.05) is 6.07 Å². The van der Waals surface area contributed by atoms with Crippen molar-refractivity contribution in [2.45, 2.75) is 18.5 Å². The van der Waals surface area contributed by atoms with E-state index in [1.807, 2.05) is 36.5 Å². The number of nitrogens with zero attached hydrogens (tertiary/aromatic N) is 3. The third-order valence-electron chi connectivity index (χ3n) is 5.01. The van der Waals surface area contributed by atoms with Crippen LogP contribution in [0.15, 0.2) is 47.2 Å². The van der Waals surface area contributed by atoms with Crippen LogP contribution in [-0.4, -0.2) is 59.3 Å². The quantitative estimate of drug-likeness (QED) is 0.781. The predicted molar refractivity (Wildman–Crippen MR) is 103 cm³/mol. The first-order valence-electron chi connectivity index (χ1n) is 9.14. The minimum absolute atomic E-state index is 0.00163. The Morgan fingerprint density at radius 1 is 1.15 bits per heavy atom. The lowest BCUT2D eigenvalue weighted by atomic mass is 10.0. The molecule has 7 heteroatoms. The molecule has 2 aromatic rings. The average molecular weight is 372 g/mol. The molecule has 2 aliphatic heterocycles. The minimum Gasteiger partial charge on any atom is -0.467 e. The number of nitrogens with one attached hydrogen (secondary N) is 1. The number of hydrogen-bond acceptors (Lipinski definition) is 5. The SMILES string of the molecule is S=C1N[C@H](c2ccccn2)[C@@H](c2ccco2)N1CCCN1CCOCC1. The summed E-state index contributed by atoms with van der Waals surface area (Å²) in [5, 5.41) is 4.22. The van der Waals surface area contributed by atoms with Gasteiger partial charge in [-0.2, -0.15) is 0 Å². The van der Waals surface area contributed by atoms with Gasteiger partial charge in [0.15, 0.2) is 5.11 Å². The van der Waals surface area contributed by atoms with Gasteiger partial charge in [-0.05, 0) is 42.9 Å². The van der Waals surface area contributed by atoms with Crippen LogP contribution in [0.2, 0.25) is 0 Å². The maximum Gasteiger partial charge on any atom is 0.170 e. The highest BCUT2D eigenvalue weighted by Crippen LogP contribution is 2.38. The van der Waals surface area contributed by atoms with Crippen molar-refractivity contribution in [3.63, 3.8) is 0 Å². The van der Waals surface area contributed by atoms with Crippen molar-refractivity contribution in [2.24, 2.45) is 0 Å². The van der Waals surface area contributed by atoms with E-state index in [0.29, 0.717) is 0 Å². The lowest BCUT2D eigenvalue weighted by molar-refractivity contribution is 0.0365. The molecule has 0 saturated carbocycles. The van der Waals surface area contributed by atoms with E-state index in [1.54, 1.807) is 6.26 Å². The fourth-order valence-corrected chi connectivity index (χ4v) is 4.04. The molecule has 0 aromatic carbocycles. The summed E-state index contributed by atoms with van der Waals surface area (Å²) in [5.41, 5.74) is 0.979. The third kappa shape index (κ3) is 3.75. The van der Waals surface area contributed by atoms with Crippen LogP contribution in [0, 0.1) is 0 Å². The fourth-order valence-electron chi connectivity index (χ4n) is 3.70. The highest BCUT2D eigenvalue weighted by atomic mass is 32.1. The van der Waals surface area contributed by atoms with Crippen LogP contribution >= 0.6 is 12.2 Å². The second-order valence-electron chi connectivity index (χ2n) is 6.64. The van der Waals surface area contributed by atoms with E-state index in [2.05, 4.69) is 20.1 Å². The molecule has 6 nitrogen and oxygen atoms in total. The van der Waals surface area contributed by atoms with Gasteiger partial charge in [0.25, 0.3) is 0 Å². The number of ether oxygens (including phenoxy) is 1. The van der Waals surface area contributed by atoms with E-state index < -0.39 is 0 Å². The normalized spacial score (nSPS) is 24.0. The van der Waals surface area contributed by atoms with Crippen LogP contribution in [0.5, 0.6) is 0 Å². The number of aromatic nitrogens is 1. The smallest absolute Gasteiger partial charge is 0.170 e. The molecule has 2 aromatic heterocycles. The topological polar surface area (TPSA) is 53.8 Å². The largest absolute Gasteiger partial charge is 0.467 e. The summed E-state index contributed by atoms with van der Waals surface area (Å²) in [6, 6.07) is 9.94. The van der Waals surface area contributed by atoms with Crippen LogP contribution in [0.25, 0.3) is 0 Å². The van der Waals surface area contributed by atoms with Gasteiger partial charge in [-0.25, -0.2) is 0 Å². The van der Waals surface area contributed by atoms with Crippen LogP contribution < -0.4 is 5.32 Å². The third-order valence-corrected chi connectivity index (χ3v) is 5.36. The Balaban J connectivity index is 1.48. The van der Waals surface area contributed by atoms with Crippen LogP contribution in [0.3, 0.4) is 0 Å². The molecule has 1 N–H and O–H groups in total. The Kier molecular flexibility index (Phi) is 5.48. The van der Waals surface area contributed by atoms with E-state index in [4.69, 9.17) is 21.4 Å². The Bertz CT molecular complexity index is 704. The summed E-state index contributed by atoms with van der Waals surface area (Å²) >= 11 is 5.65. The van der Waals surface area contributed by atoms with Crippen LogP contribution in [0.4, 0.5) is 0 Å². The van der Waals surface area contributed by atoms with Gasteiger partial charge in [0.05, 0.1) is 31.2 Å². The maximum atomic E-state index is 5.75. The van der Waals surface area contributed by atoms with E-state index in [0.717, 1.165) is 62.4 Å². The van der Waals surface area contributed by atoms with Gasteiger partial charge in [-0.3, -0.25) is 9.88 Å². The molecule has 2 fully saturated rings. The summed E-state index contributed by atoms with van der Waals surface area (Å²) in [7, 11) is 0. The van der Waals surface area contributed by atoms with Gasteiger partial charge in [0, 0.05) is 32.4 Å². The van der Waals surface area contributed by atoms with Crippen molar-refractivity contribution in [1.29, 1.82) is 0 Å². The Morgan fingerprint density at radius 3 is 2.77 bits per heavy atom. The number of morpholine rings is 1. The molecule has 2 aliphatic rings. The summed E-state index contributed by atoms with van der Waals surface area (Å²) < 4.78 is 11.2. The summed E-state index contributed by atoms with van der Waals surface area (Å²) in [5.74, 6) is 0.916. The molecule has 0 bridgehead atoms. The first-order valence-corrected chi connectivity index (χ1v) is 9.55. The zero-order chi connectivity index (χ0) is 17.8. The molecular formula is C19H24N4O2S. The number of rotatable bonds is 6. The molecule has 26 heavy (non-hydrogen) atoms. The van der Waals surface area contributed by atoms with Crippen molar-refractivity contribution in [2.75, 3.05) is 39.4 Å². The summed E-state index contributed by atoms with van der Waals surface area (Å²) in [6.07, 6.45) is 4.59. The first kappa shape index (κ1) is 17.5. The van der Waals surface area contributed by atoms with Gasteiger partial charge >= 0.3 is 0 Å². The second-order valence-corrected chi connectivity index (χ2v) is 7.03. The lowest BCUT2D eigenvalue weighted by Crippen LogP contribution is -2.38. The highest BCUT2D eigenvalue weighted by Gasteiger charge is 2.41. The van der Waals surface area contributed by atoms with E-state index in [9.17, 15) is 0 Å². The first-order chi connectivity index (χ1) is 12.8. The molecule has 4 rings (SSSR count). The molecule has 4 heterocycles. The Hall–Kier alpha value is -1.96. The standard InChI is InChI=1S/C19H24N4O2S/c26-19-21-17(15-5-1-2-7-20-15)18(16-6-3-12-25-16)23(19)9-4-8-22-10-13-24-14-11-22/h1-3,5-7,12,17-18H,4,8-11,13-14H2,(H,21,26)/t17-,18-/m1/s1. The van der Waals surface area contributed by atoms with Crippen molar-refractivity contribution in [3.8, 4) is 0 Å². The molecule has 2 saturated heterocycles. The molecular weight excluding hydrogens is 348 g/mol. The molecule has 0 aliphatic carbocycles. The summed E-state index contributed by atoms with van der Waals surface area (Å²) in [4.78, 5) is 9.23. The highest BCUT2D eigenvalue weighted by molar-refractivity contribution is 7.80. The molecule has 138 valence electrons. The predicted octanol–water partition coefficient (Wildman–Crippen LogP) is 2.37. The zero-order valence-corrected chi connectivity index (χ0v) is 15.5. The average Bonchev–Trinajstić information content (AvgIpc) is 3.32. The van der Waals surface area contributed by atoms with Gasteiger partial charge in [0.1, 0.15) is 11.8 Å². The maximum absolute atomic E-state index is 5.75. The van der Waals surface area contributed by atoms with Crippen LogP contribution in [0.1, 0.15) is 30.0 Å². The zero-order valence-electron chi connectivity index (χ0n) is 14.7. The lowest BCUT2D eigenvalue weighted by Gasteiger charge is -2.29. The van der Waals surface area contributed by atoms with Crippen molar-refractivity contribution in [3.05, 3.63) is 54.2 Å². The fraction of sp³-hybridized carbons (Fsp3) is 0.474. The Morgan fingerprint density at radius 2 is 2.04 bits per heavy atom. The Labute approximate surface area is 159 Å². The molecule has 0 unspecified atom stereocenters. The molecule has 0 amide bonds. The van der Waals surface area contributed by atoms with Gasteiger partial charge in [-0.15, -0.1) is 0 Å². The van der Waals surface area contributed by atoms with Gasteiger partial charge < -0.3 is 19.4 Å². The molecule has 0 radical (unpaired) electrons. The monoisotopic (exact) mass is 372 g/mol. The van der Waals surface area contributed by atoms with Crippen molar-refractivity contribution < 1.29 is 9.15 Å². The second kappa shape index (κ2) is 8.16. The van der Waals surface area contributed by atoms with Crippen molar-refractivity contribution >= 4 is 17.3 Å². The molecule has 2 atom stereocenters. The summed E-state index contributed by atoms with van der Waals surface area (Å²) in [6.45, 7) is 5.64. The van der Waals surface area contributed by atoms with E-state index in [-0.39, 0.29) is 12.1 Å². The van der Waals surface area contributed by atoms with Gasteiger partial charge in [0.2, 0.25) is 0 Å². The van der Waals surface area contributed by atoms with Crippen molar-refractivity contribution in [1.82, 2.24) is 20.1 Å². The van der Waals surface area contributed by atoms with Crippen LogP contribution in [-0.2, 0) is 4.74 Å². The number of thiocarbonyl (C=S) groups is 1. The number of furan rings is 1. The van der Waals surface area contributed by atoms with E-state index >= 15 is 0 Å². The molecule has 0 spiro atoms. The minimum atomic E-state index is -0.00163.